The number of hydrogen-bond donors (Lipinski definition) is 1. The zero-order valence-electron chi connectivity index (χ0n) is 9.40. The number of hydrogen-bond acceptors (Lipinski definition) is 4. The third kappa shape index (κ3) is 2.33. The minimum Gasteiger partial charge on any atom is -0.441 e. The maximum absolute atomic E-state index is 5.80. The van der Waals surface area contributed by atoms with Gasteiger partial charge in [-0.05, 0) is 25.5 Å². The lowest BCUT2D eigenvalue weighted by Gasteiger charge is -1.97. The van der Waals surface area contributed by atoms with Gasteiger partial charge >= 0.3 is 0 Å². The van der Waals surface area contributed by atoms with E-state index in [1.54, 1.807) is 0 Å². The van der Waals surface area contributed by atoms with Crippen molar-refractivity contribution in [2.45, 2.75) is 19.8 Å². The number of oxazole rings is 1. The highest BCUT2D eigenvalue weighted by Crippen LogP contribution is 2.21. The molecule has 1 aromatic heterocycles. The van der Waals surface area contributed by atoms with Crippen LogP contribution in [0.2, 0.25) is 0 Å². The first-order valence-electron chi connectivity index (χ1n) is 5.53. The third-order valence-corrected chi connectivity index (χ3v) is 2.38. The van der Waals surface area contributed by atoms with Crippen molar-refractivity contribution in [3.63, 3.8) is 0 Å². The summed E-state index contributed by atoms with van der Waals surface area (Å²) in [6.45, 7) is 3.48. The molecule has 0 radical (unpaired) electrons. The normalized spacial score (nSPS) is 11.1. The molecule has 0 unspecified atom stereocenters. The molecule has 0 atom stereocenters. The quantitative estimate of drug-likeness (QED) is 0.620. The molecular formula is C12H16N2O2. The monoisotopic (exact) mass is 220 g/mol. The third-order valence-electron chi connectivity index (χ3n) is 2.38. The number of nitrogens with two attached hydrogens (primary N) is 1. The number of nitrogens with zero attached hydrogens (tertiary/aromatic N) is 1. The molecule has 2 N–H and O–H groups in total. The molecule has 4 nitrogen and oxygen atoms in total. The average Bonchev–Trinajstić information content (AvgIpc) is 2.69. The summed E-state index contributed by atoms with van der Waals surface area (Å²) < 4.78 is 10.8. The van der Waals surface area contributed by atoms with Crippen LogP contribution in [0.1, 0.15) is 19.2 Å². The minimum absolute atomic E-state index is 0.664. The van der Waals surface area contributed by atoms with Crippen LogP contribution in [0.3, 0.4) is 0 Å². The van der Waals surface area contributed by atoms with Crippen LogP contribution in [0, 0.1) is 0 Å². The van der Waals surface area contributed by atoms with Gasteiger partial charge in [0.1, 0.15) is 5.52 Å². The number of para-hydroxylation sites is 1. The molecule has 0 amide bonds. The Kier molecular flexibility index (Phi) is 3.41. The number of nitrogen functional groups attached to an aromatic ring is 1. The summed E-state index contributed by atoms with van der Waals surface area (Å²) in [7, 11) is 0. The van der Waals surface area contributed by atoms with Gasteiger partial charge in [-0.1, -0.05) is 6.07 Å². The Hall–Kier alpha value is -1.55. The van der Waals surface area contributed by atoms with E-state index in [2.05, 4.69) is 4.98 Å². The maximum Gasteiger partial charge on any atom is 0.195 e. The Balaban J connectivity index is 2.05. The lowest BCUT2D eigenvalue weighted by molar-refractivity contribution is 0.144. The van der Waals surface area contributed by atoms with Crippen molar-refractivity contribution in [3.8, 4) is 0 Å². The van der Waals surface area contributed by atoms with Gasteiger partial charge in [-0.2, -0.15) is 0 Å². The van der Waals surface area contributed by atoms with E-state index in [4.69, 9.17) is 14.9 Å². The second-order valence-electron chi connectivity index (χ2n) is 3.60. The molecule has 2 aromatic rings. The zero-order chi connectivity index (χ0) is 11.4. The second-order valence-corrected chi connectivity index (χ2v) is 3.60. The fourth-order valence-corrected chi connectivity index (χ4v) is 1.59. The average molecular weight is 220 g/mol. The number of benzene rings is 1. The van der Waals surface area contributed by atoms with Crippen LogP contribution in [0.15, 0.2) is 22.6 Å². The molecule has 4 heteroatoms. The van der Waals surface area contributed by atoms with Gasteiger partial charge in [0.15, 0.2) is 11.5 Å². The number of rotatable bonds is 5. The van der Waals surface area contributed by atoms with Crippen molar-refractivity contribution in [2.24, 2.45) is 0 Å². The van der Waals surface area contributed by atoms with Gasteiger partial charge in [-0.15, -0.1) is 0 Å². The van der Waals surface area contributed by atoms with Gasteiger partial charge in [0, 0.05) is 19.6 Å². The molecule has 0 bridgehead atoms. The van der Waals surface area contributed by atoms with E-state index in [-0.39, 0.29) is 0 Å². The smallest absolute Gasteiger partial charge is 0.195 e. The first-order chi connectivity index (χ1) is 7.81. The van der Waals surface area contributed by atoms with E-state index in [1.165, 1.54) is 0 Å². The standard InChI is InChI=1S/C12H16N2O2/c1-2-15-8-4-7-11-14-12-9(13)5-3-6-10(12)16-11/h3,5-6H,2,4,7-8,13H2,1H3. The number of anilines is 1. The van der Waals surface area contributed by atoms with Crippen LogP contribution < -0.4 is 5.73 Å². The Morgan fingerprint density at radius 1 is 1.44 bits per heavy atom. The molecule has 0 aliphatic rings. The molecule has 16 heavy (non-hydrogen) atoms. The SMILES string of the molecule is CCOCCCc1nc2c(N)cccc2o1. The van der Waals surface area contributed by atoms with E-state index < -0.39 is 0 Å². The molecule has 0 saturated carbocycles. The van der Waals surface area contributed by atoms with Crippen molar-refractivity contribution in [2.75, 3.05) is 18.9 Å². The Bertz CT molecular complexity index is 465. The summed E-state index contributed by atoms with van der Waals surface area (Å²) in [4.78, 5) is 4.36. The highest BCUT2D eigenvalue weighted by atomic mass is 16.5. The van der Waals surface area contributed by atoms with Gasteiger partial charge in [0.2, 0.25) is 0 Å². The molecule has 0 spiro atoms. The van der Waals surface area contributed by atoms with E-state index in [9.17, 15) is 0 Å². The lowest BCUT2D eigenvalue weighted by Crippen LogP contribution is -1.96. The van der Waals surface area contributed by atoms with Crippen molar-refractivity contribution in [1.29, 1.82) is 0 Å². The molecule has 0 aliphatic carbocycles. The summed E-state index contributed by atoms with van der Waals surface area (Å²) in [5, 5.41) is 0. The predicted octanol–water partition coefficient (Wildman–Crippen LogP) is 2.38. The van der Waals surface area contributed by atoms with Gasteiger partial charge < -0.3 is 14.9 Å². The molecule has 1 aromatic carbocycles. The van der Waals surface area contributed by atoms with Crippen molar-refractivity contribution < 1.29 is 9.15 Å². The molecule has 86 valence electrons. The minimum atomic E-state index is 0.664. The summed E-state index contributed by atoms with van der Waals surface area (Å²) in [6.07, 6.45) is 1.70. The molecule has 0 aliphatic heterocycles. The van der Waals surface area contributed by atoms with Crippen LogP contribution in [0.5, 0.6) is 0 Å². The summed E-state index contributed by atoms with van der Waals surface area (Å²) >= 11 is 0. The van der Waals surface area contributed by atoms with Crippen LogP contribution in [0.25, 0.3) is 11.1 Å². The van der Waals surface area contributed by atoms with E-state index >= 15 is 0 Å². The molecule has 0 fully saturated rings. The van der Waals surface area contributed by atoms with E-state index in [1.807, 2.05) is 25.1 Å². The fourth-order valence-electron chi connectivity index (χ4n) is 1.59. The van der Waals surface area contributed by atoms with Crippen LogP contribution >= 0.6 is 0 Å². The Morgan fingerprint density at radius 2 is 2.31 bits per heavy atom. The van der Waals surface area contributed by atoms with Gasteiger partial charge in [-0.25, -0.2) is 4.98 Å². The van der Waals surface area contributed by atoms with E-state index in [0.717, 1.165) is 43.0 Å². The molecular weight excluding hydrogens is 204 g/mol. The fraction of sp³-hybridized carbons (Fsp3) is 0.417. The second kappa shape index (κ2) is 4.99. The largest absolute Gasteiger partial charge is 0.441 e. The van der Waals surface area contributed by atoms with Crippen molar-refractivity contribution >= 4 is 16.8 Å². The predicted molar refractivity (Wildman–Crippen MR) is 63.2 cm³/mol. The molecule has 2 rings (SSSR count). The topological polar surface area (TPSA) is 61.3 Å². The van der Waals surface area contributed by atoms with Crippen molar-refractivity contribution in [3.05, 3.63) is 24.1 Å². The first kappa shape index (κ1) is 11.0. The van der Waals surface area contributed by atoms with Crippen LogP contribution in [-0.4, -0.2) is 18.2 Å². The maximum atomic E-state index is 5.80. The zero-order valence-corrected chi connectivity index (χ0v) is 9.40. The number of aryl methyl sites for hydroxylation is 1. The van der Waals surface area contributed by atoms with Crippen LogP contribution in [0.4, 0.5) is 5.69 Å². The summed E-state index contributed by atoms with van der Waals surface area (Å²) in [6, 6.07) is 5.58. The number of ether oxygens (including phenoxy) is 1. The Labute approximate surface area is 94.4 Å². The number of aromatic nitrogens is 1. The molecule has 0 saturated heterocycles. The van der Waals surface area contributed by atoms with Crippen LogP contribution in [-0.2, 0) is 11.2 Å². The Morgan fingerprint density at radius 3 is 3.06 bits per heavy atom. The highest BCUT2D eigenvalue weighted by molar-refractivity contribution is 5.85. The first-order valence-corrected chi connectivity index (χ1v) is 5.53. The van der Waals surface area contributed by atoms with Gasteiger partial charge in [0.05, 0.1) is 5.69 Å². The van der Waals surface area contributed by atoms with Gasteiger partial charge in [-0.3, -0.25) is 0 Å². The summed E-state index contributed by atoms with van der Waals surface area (Å²) in [5.41, 5.74) is 7.98. The van der Waals surface area contributed by atoms with Crippen molar-refractivity contribution in [1.82, 2.24) is 4.98 Å². The van der Waals surface area contributed by atoms with E-state index in [0.29, 0.717) is 5.69 Å². The lowest BCUT2D eigenvalue weighted by atomic mass is 10.3. The van der Waals surface area contributed by atoms with Gasteiger partial charge in [0.25, 0.3) is 0 Å². The molecule has 1 heterocycles. The highest BCUT2D eigenvalue weighted by Gasteiger charge is 2.07. The number of fused-ring (bicyclic) bond motifs is 1. The summed E-state index contributed by atoms with van der Waals surface area (Å²) in [5.74, 6) is 0.729.